The van der Waals surface area contributed by atoms with E-state index in [4.69, 9.17) is 4.74 Å². The summed E-state index contributed by atoms with van der Waals surface area (Å²) in [4.78, 5) is 0. The summed E-state index contributed by atoms with van der Waals surface area (Å²) in [5, 5.41) is 0. The highest BCUT2D eigenvalue weighted by molar-refractivity contribution is 5.46. The van der Waals surface area contributed by atoms with Crippen LogP contribution in [0.1, 0.15) is 29.2 Å². The molecule has 3 nitrogen and oxygen atoms in total. The first-order valence-corrected chi connectivity index (χ1v) is 8.44. The van der Waals surface area contributed by atoms with Gasteiger partial charge in [-0.05, 0) is 56.5 Å². The third kappa shape index (κ3) is 4.23. The number of hydrogen-bond acceptors (Lipinski definition) is 1. The first-order chi connectivity index (χ1) is 11.6. The maximum Gasteiger partial charge on any atom is 0.249 e. The summed E-state index contributed by atoms with van der Waals surface area (Å²) in [6.45, 7) is 10.1. The molecule has 0 spiro atoms. The number of benzene rings is 2. The Labute approximate surface area is 156 Å². The van der Waals surface area contributed by atoms with Crippen LogP contribution in [0, 0.1) is 20.8 Å². The summed E-state index contributed by atoms with van der Waals surface area (Å²) in [6.07, 6.45) is 6.31. The lowest BCUT2D eigenvalue weighted by Gasteiger charge is -2.09. The van der Waals surface area contributed by atoms with E-state index in [-0.39, 0.29) is 12.4 Å². The lowest BCUT2D eigenvalue weighted by atomic mass is 10.00. The van der Waals surface area contributed by atoms with E-state index >= 15 is 0 Å². The molecule has 25 heavy (non-hydrogen) atoms. The average Bonchev–Trinajstić information content (AvgIpc) is 3.00. The van der Waals surface area contributed by atoms with Crippen LogP contribution in [-0.4, -0.2) is 11.2 Å². The lowest BCUT2D eigenvalue weighted by molar-refractivity contribution is -0.687. The number of hydrogen-bond donors (Lipinski definition) is 0. The Morgan fingerprint density at radius 3 is 2.40 bits per heavy atom. The molecule has 0 aliphatic heterocycles. The van der Waals surface area contributed by atoms with Crippen molar-refractivity contribution in [3.8, 4) is 11.4 Å². The Kier molecular flexibility index (Phi) is 6.27. The van der Waals surface area contributed by atoms with Gasteiger partial charge in [0, 0.05) is 0 Å². The van der Waals surface area contributed by atoms with Crippen molar-refractivity contribution in [2.75, 3.05) is 6.61 Å². The Bertz CT molecular complexity index is 832. The van der Waals surface area contributed by atoms with E-state index in [1.807, 2.05) is 25.1 Å². The molecule has 0 aliphatic rings. The summed E-state index contributed by atoms with van der Waals surface area (Å²) in [7, 11) is 0. The van der Waals surface area contributed by atoms with Crippen LogP contribution >= 0.6 is 0 Å². The highest BCUT2D eigenvalue weighted by Gasteiger charge is 2.13. The second kappa shape index (κ2) is 8.21. The van der Waals surface area contributed by atoms with Crippen molar-refractivity contribution < 1.29 is 21.7 Å². The zero-order valence-electron chi connectivity index (χ0n) is 15.3. The van der Waals surface area contributed by atoms with E-state index in [9.17, 15) is 0 Å². The number of aryl methyl sites for hydroxylation is 3. The molecule has 0 aliphatic carbocycles. The monoisotopic (exact) mass is 356 g/mol. The quantitative estimate of drug-likeness (QED) is 0.627. The molecule has 132 valence electrons. The van der Waals surface area contributed by atoms with Gasteiger partial charge in [-0.2, -0.15) is 4.57 Å². The second-order valence-corrected chi connectivity index (χ2v) is 6.27. The molecule has 1 aromatic heterocycles. The minimum absolute atomic E-state index is 0. The second-order valence-electron chi connectivity index (χ2n) is 6.27. The zero-order valence-corrected chi connectivity index (χ0v) is 16.0. The van der Waals surface area contributed by atoms with Crippen LogP contribution in [0.15, 0.2) is 55.1 Å². The summed E-state index contributed by atoms with van der Waals surface area (Å²) in [5.74, 6) is 0.908. The van der Waals surface area contributed by atoms with Gasteiger partial charge in [0.25, 0.3) is 0 Å². The number of imidazole rings is 1. The van der Waals surface area contributed by atoms with Crippen LogP contribution in [0.4, 0.5) is 0 Å². The molecule has 0 atom stereocenters. The maximum absolute atomic E-state index is 5.74. The van der Waals surface area contributed by atoms with Crippen molar-refractivity contribution in [1.82, 2.24) is 4.57 Å². The molecule has 0 bridgehead atoms. The minimum Gasteiger partial charge on any atom is -1.00 e. The highest BCUT2D eigenvalue weighted by Crippen LogP contribution is 2.22. The third-order valence-electron chi connectivity index (χ3n) is 4.32. The van der Waals surface area contributed by atoms with Crippen LogP contribution < -0.4 is 21.7 Å². The Morgan fingerprint density at radius 2 is 1.72 bits per heavy atom. The number of halogens is 1. The molecule has 0 fully saturated rings. The largest absolute Gasteiger partial charge is 1.00 e. The number of ether oxygens (including phenoxy) is 1. The molecular formula is C21H25ClN2O. The summed E-state index contributed by atoms with van der Waals surface area (Å²) in [5.41, 5.74) is 6.48. The van der Waals surface area contributed by atoms with E-state index in [1.54, 1.807) is 0 Å². The predicted octanol–water partition coefficient (Wildman–Crippen LogP) is 1.14. The van der Waals surface area contributed by atoms with Crippen molar-refractivity contribution >= 4 is 0 Å². The fourth-order valence-electron chi connectivity index (χ4n) is 3.22. The first-order valence-electron chi connectivity index (χ1n) is 8.44. The van der Waals surface area contributed by atoms with E-state index in [0.29, 0.717) is 6.61 Å². The number of nitrogens with zero attached hydrogens (tertiary/aromatic N) is 2. The van der Waals surface area contributed by atoms with E-state index < -0.39 is 0 Å². The van der Waals surface area contributed by atoms with Crippen LogP contribution in [-0.2, 0) is 6.54 Å². The van der Waals surface area contributed by atoms with Crippen molar-refractivity contribution in [1.29, 1.82) is 0 Å². The molecule has 3 rings (SSSR count). The average molecular weight is 357 g/mol. The smallest absolute Gasteiger partial charge is 0.249 e. The highest BCUT2D eigenvalue weighted by atomic mass is 35.5. The standard InChI is InChI=1S/C21H25N2O.ClH/c1-5-24-21-9-7-6-8-20(21)23-11-10-22(15-23)14-19-17(3)12-16(2)13-18(19)4;/h6-13,15H,5,14H2,1-4H3;1H/q+1;/p-1. The van der Waals surface area contributed by atoms with Gasteiger partial charge in [0.05, 0.1) is 6.61 Å². The van der Waals surface area contributed by atoms with Crippen LogP contribution in [0.25, 0.3) is 5.69 Å². The molecule has 0 radical (unpaired) electrons. The summed E-state index contributed by atoms with van der Waals surface area (Å²) >= 11 is 0. The molecular weight excluding hydrogens is 332 g/mol. The number of aromatic nitrogens is 2. The molecule has 0 saturated carbocycles. The molecule has 4 heteroatoms. The summed E-state index contributed by atoms with van der Waals surface area (Å²) in [6, 6.07) is 12.6. The molecule has 1 heterocycles. The van der Waals surface area contributed by atoms with Gasteiger partial charge in [0.2, 0.25) is 6.33 Å². The first kappa shape index (κ1) is 19.1. The van der Waals surface area contributed by atoms with Gasteiger partial charge >= 0.3 is 0 Å². The van der Waals surface area contributed by atoms with Gasteiger partial charge in [0.1, 0.15) is 18.9 Å². The number of rotatable bonds is 5. The number of para-hydroxylation sites is 2. The van der Waals surface area contributed by atoms with Crippen LogP contribution in [0.2, 0.25) is 0 Å². The van der Waals surface area contributed by atoms with Gasteiger partial charge in [-0.1, -0.05) is 29.8 Å². The van der Waals surface area contributed by atoms with Crippen molar-refractivity contribution in [3.63, 3.8) is 0 Å². The Morgan fingerprint density at radius 1 is 1.04 bits per heavy atom. The van der Waals surface area contributed by atoms with Crippen molar-refractivity contribution in [2.45, 2.75) is 34.2 Å². The molecule has 0 N–H and O–H groups in total. The van der Waals surface area contributed by atoms with Crippen LogP contribution in [0.5, 0.6) is 5.75 Å². The van der Waals surface area contributed by atoms with Gasteiger partial charge in [-0.15, -0.1) is 0 Å². The zero-order chi connectivity index (χ0) is 17.1. The van der Waals surface area contributed by atoms with Gasteiger partial charge < -0.3 is 17.1 Å². The molecule has 0 unspecified atom stereocenters. The van der Waals surface area contributed by atoms with Crippen LogP contribution in [0.3, 0.4) is 0 Å². The predicted molar refractivity (Wildman–Crippen MR) is 96.9 cm³/mol. The maximum atomic E-state index is 5.74. The normalized spacial score (nSPS) is 10.4. The lowest BCUT2D eigenvalue weighted by Crippen LogP contribution is -3.00. The summed E-state index contributed by atoms with van der Waals surface area (Å²) < 4.78 is 10.1. The Hall–Kier alpha value is -2.26. The SMILES string of the molecule is CCOc1ccccc1-n1cc[n+](Cc2c(C)cc(C)cc2C)c1.[Cl-]. The van der Waals surface area contributed by atoms with Gasteiger partial charge in [0.15, 0.2) is 11.4 Å². The third-order valence-corrected chi connectivity index (χ3v) is 4.32. The van der Waals surface area contributed by atoms with E-state index in [2.05, 4.69) is 66.8 Å². The topological polar surface area (TPSA) is 18.0 Å². The minimum atomic E-state index is 0. The van der Waals surface area contributed by atoms with Crippen molar-refractivity contribution in [3.05, 3.63) is 77.4 Å². The van der Waals surface area contributed by atoms with E-state index in [1.165, 1.54) is 22.3 Å². The molecule has 0 saturated heterocycles. The van der Waals surface area contributed by atoms with Gasteiger partial charge in [-0.25, -0.2) is 4.57 Å². The fraction of sp³-hybridized carbons (Fsp3) is 0.286. The van der Waals surface area contributed by atoms with Gasteiger partial charge in [-0.3, -0.25) is 0 Å². The van der Waals surface area contributed by atoms with E-state index in [0.717, 1.165) is 18.0 Å². The fourth-order valence-corrected chi connectivity index (χ4v) is 3.22. The Balaban J connectivity index is 0.00000225. The van der Waals surface area contributed by atoms with Crippen molar-refractivity contribution in [2.24, 2.45) is 0 Å². The molecule has 0 amide bonds. The molecule has 2 aromatic carbocycles. The molecule has 3 aromatic rings.